The quantitative estimate of drug-likeness (QED) is 0.464. The molecular formula is C25H31N5O5S. The molecule has 1 aliphatic rings. The zero-order valence-electron chi connectivity index (χ0n) is 20.5. The number of sulfonamides is 1. The first-order chi connectivity index (χ1) is 17.3. The molecule has 1 aliphatic heterocycles. The second kappa shape index (κ2) is 11.6. The molecule has 0 atom stereocenters. The van der Waals surface area contributed by atoms with Crippen molar-refractivity contribution >= 4 is 21.8 Å². The SMILES string of the molecule is CN(C(=O)OC1CCN(CCNS(C)(=O)=O)CC1)c1ccccc1-c1nc(Cc2ccccc2)no1. The highest BCUT2D eigenvalue weighted by atomic mass is 32.2. The number of piperidine rings is 1. The number of nitrogens with zero attached hydrogens (tertiary/aromatic N) is 4. The number of aromatic nitrogens is 2. The number of benzene rings is 2. The van der Waals surface area contributed by atoms with Crippen molar-refractivity contribution in [1.29, 1.82) is 0 Å². The third kappa shape index (κ3) is 7.12. The maximum absolute atomic E-state index is 13.0. The van der Waals surface area contributed by atoms with E-state index >= 15 is 0 Å². The summed E-state index contributed by atoms with van der Waals surface area (Å²) in [6.07, 6.45) is 2.41. The Balaban J connectivity index is 1.34. The normalized spacial score (nSPS) is 15.1. The predicted octanol–water partition coefficient (Wildman–Crippen LogP) is 2.91. The number of hydrogen-bond donors (Lipinski definition) is 1. The molecule has 0 unspecified atom stereocenters. The molecule has 3 aromatic rings. The number of rotatable bonds is 9. The van der Waals surface area contributed by atoms with E-state index < -0.39 is 16.1 Å². The van der Waals surface area contributed by atoms with Crippen LogP contribution in [-0.2, 0) is 21.2 Å². The largest absolute Gasteiger partial charge is 0.446 e. The van der Waals surface area contributed by atoms with Crippen LogP contribution in [0, 0.1) is 0 Å². The maximum atomic E-state index is 13.0. The van der Waals surface area contributed by atoms with Gasteiger partial charge in [-0.1, -0.05) is 47.6 Å². The molecule has 192 valence electrons. The standard InChI is InChI=1S/C25H31N5O5S/c1-29(25(31)34-20-12-15-30(16-13-20)17-14-26-36(2,32)33)22-11-7-6-10-21(22)24-27-23(28-35-24)18-19-8-4-3-5-9-19/h3-11,20,26H,12-18H2,1-2H3. The van der Waals surface area contributed by atoms with Crippen molar-refractivity contribution in [3.63, 3.8) is 0 Å². The van der Waals surface area contributed by atoms with Gasteiger partial charge in [-0.25, -0.2) is 17.9 Å². The summed E-state index contributed by atoms with van der Waals surface area (Å²) in [6, 6.07) is 17.2. The fourth-order valence-electron chi connectivity index (χ4n) is 4.12. The molecule has 0 spiro atoms. The average molecular weight is 514 g/mol. The molecule has 4 rings (SSSR count). The van der Waals surface area contributed by atoms with Crippen LogP contribution in [-0.4, -0.2) is 75.1 Å². The number of para-hydroxylation sites is 1. The van der Waals surface area contributed by atoms with Crippen molar-refractivity contribution in [3.05, 3.63) is 66.0 Å². The summed E-state index contributed by atoms with van der Waals surface area (Å²) in [5.74, 6) is 0.905. The van der Waals surface area contributed by atoms with Crippen molar-refractivity contribution in [2.24, 2.45) is 0 Å². The van der Waals surface area contributed by atoms with Crippen LogP contribution in [0.2, 0.25) is 0 Å². The monoisotopic (exact) mass is 513 g/mol. The topological polar surface area (TPSA) is 118 Å². The average Bonchev–Trinajstić information content (AvgIpc) is 3.33. The van der Waals surface area contributed by atoms with Gasteiger partial charge in [-0.05, 0) is 30.5 Å². The smallest absolute Gasteiger partial charge is 0.414 e. The van der Waals surface area contributed by atoms with E-state index in [9.17, 15) is 13.2 Å². The summed E-state index contributed by atoms with van der Waals surface area (Å²) in [5.41, 5.74) is 2.34. The van der Waals surface area contributed by atoms with Crippen LogP contribution in [0.5, 0.6) is 0 Å². The lowest BCUT2D eigenvalue weighted by atomic mass is 10.1. The van der Waals surface area contributed by atoms with E-state index in [1.54, 1.807) is 7.05 Å². The second-order valence-corrected chi connectivity index (χ2v) is 10.7. The first kappa shape index (κ1) is 25.8. The summed E-state index contributed by atoms with van der Waals surface area (Å²) < 4.78 is 36.2. The van der Waals surface area contributed by atoms with Gasteiger partial charge in [-0.15, -0.1) is 0 Å². The van der Waals surface area contributed by atoms with E-state index in [2.05, 4.69) is 19.8 Å². The summed E-state index contributed by atoms with van der Waals surface area (Å²) >= 11 is 0. The molecule has 1 saturated heterocycles. The van der Waals surface area contributed by atoms with Crippen molar-refractivity contribution < 1.29 is 22.5 Å². The van der Waals surface area contributed by atoms with Crippen molar-refractivity contribution in [3.8, 4) is 11.5 Å². The Labute approximate surface area is 211 Å². The highest BCUT2D eigenvalue weighted by Crippen LogP contribution is 2.30. The number of likely N-dealkylation sites (tertiary alicyclic amines) is 1. The van der Waals surface area contributed by atoms with Crippen LogP contribution in [0.1, 0.15) is 24.2 Å². The van der Waals surface area contributed by atoms with E-state index in [1.807, 2.05) is 54.6 Å². The van der Waals surface area contributed by atoms with Gasteiger partial charge in [-0.3, -0.25) is 4.90 Å². The molecule has 36 heavy (non-hydrogen) atoms. The predicted molar refractivity (Wildman–Crippen MR) is 136 cm³/mol. The molecule has 1 N–H and O–H groups in total. The van der Waals surface area contributed by atoms with Gasteiger partial charge in [0.1, 0.15) is 6.10 Å². The Hall–Kier alpha value is -3.28. The van der Waals surface area contributed by atoms with E-state index in [0.29, 0.717) is 55.3 Å². The van der Waals surface area contributed by atoms with Gasteiger partial charge in [-0.2, -0.15) is 4.98 Å². The second-order valence-electron chi connectivity index (χ2n) is 8.85. The zero-order valence-corrected chi connectivity index (χ0v) is 21.3. The van der Waals surface area contributed by atoms with Crippen LogP contribution in [0.3, 0.4) is 0 Å². The molecule has 2 heterocycles. The minimum Gasteiger partial charge on any atom is -0.446 e. The van der Waals surface area contributed by atoms with Crippen LogP contribution in [0.4, 0.5) is 10.5 Å². The first-order valence-electron chi connectivity index (χ1n) is 11.9. The molecule has 1 fully saturated rings. The van der Waals surface area contributed by atoms with Crippen LogP contribution < -0.4 is 9.62 Å². The molecule has 1 aromatic heterocycles. The highest BCUT2D eigenvalue weighted by molar-refractivity contribution is 7.88. The summed E-state index contributed by atoms with van der Waals surface area (Å²) in [7, 11) is -1.53. The Morgan fingerprint density at radius 3 is 2.56 bits per heavy atom. The number of nitrogens with one attached hydrogen (secondary N) is 1. The van der Waals surface area contributed by atoms with Crippen molar-refractivity contribution in [1.82, 2.24) is 19.8 Å². The Kier molecular flexibility index (Phi) is 8.34. The molecule has 2 aromatic carbocycles. The minimum atomic E-state index is -3.19. The van der Waals surface area contributed by atoms with Gasteiger partial charge >= 0.3 is 6.09 Å². The van der Waals surface area contributed by atoms with Crippen LogP contribution in [0.15, 0.2) is 59.1 Å². The van der Waals surface area contributed by atoms with Gasteiger partial charge < -0.3 is 14.2 Å². The lowest BCUT2D eigenvalue weighted by Gasteiger charge is -2.32. The fraction of sp³-hybridized carbons (Fsp3) is 0.400. The number of ether oxygens (including phenoxy) is 1. The third-order valence-corrected chi connectivity index (χ3v) is 6.77. The molecule has 10 nitrogen and oxygen atoms in total. The lowest BCUT2D eigenvalue weighted by molar-refractivity contribution is 0.0562. The van der Waals surface area contributed by atoms with Gasteiger partial charge in [0.2, 0.25) is 10.0 Å². The number of anilines is 1. The lowest BCUT2D eigenvalue weighted by Crippen LogP contribution is -2.42. The maximum Gasteiger partial charge on any atom is 0.414 e. The fourth-order valence-corrected chi connectivity index (χ4v) is 4.58. The highest BCUT2D eigenvalue weighted by Gasteiger charge is 2.26. The van der Waals surface area contributed by atoms with Gasteiger partial charge in [0.15, 0.2) is 5.82 Å². The molecule has 0 aliphatic carbocycles. The van der Waals surface area contributed by atoms with Crippen molar-refractivity contribution in [2.75, 3.05) is 44.4 Å². The van der Waals surface area contributed by atoms with Crippen LogP contribution >= 0.6 is 0 Å². The number of hydrogen-bond acceptors (Lipinski definition) is 8. The number of carbonyl (C=O) groups excluding carboxylic acids is 1. The molecule has 11 heteroatoms. The zero-order chi connectivity index (χ0) is 25.5. The molecule has 1 amide bonds. The van der Waals surface area contributed by atoms with Crippen molar-refractivity contribution in [2.45, 2.75) is 25.4 Å². The first-order valence-corrected chi connectivity index (χ1v) is 13.7. The summed E-state index contributed by atoms with van der Waals surface area (Å²) in [6.45, 7) is 2.45. The number of amides is 1. The van der Waals surface area contributed by atoms with E-state index in [4.69, 9.17) is 9.26 Å². The summed E-state index contributed by atoms with van der Waals surface area (Å²) in [4.78, 5) is 21.1. The molecular weight excluding hydrogens is 482 g/mol. The Morgan fingerprint density at radius 2 is 1.83 bits per heavy atom. The Bertz CT molecular complexity index is 1260. The van der Waals surface area contributed by atoms with E-state index in [0.717, 1.165) is 24.9 Å². The summed E-state index contributed by atoms with van der Waals surface area (Å²) in [5, 5.41) is 4.11. The third-order valence-electron chi connectivity index (χ3n) is 6.04. The number of carbonyl (C=O) groups is 1. The van der Waals surface area contributed by atoms with Crippen LogP contribution in [0.25, 0.3) is 11.5 Å². The minimum absolute atomic E-state index is 0.202. The van der Waals surface area contributed by atoms with Gasteiger partial charge in [0.05, 0.1) is 17.5 Å². The molecule has 0 bridgehead atoms. The van der Waals surface area contributed by atoms with E-state index in [-0.39, 0.29) is 6.10 Å². The van der Waals surface area contributed by atoms with Gasteiger partial charge in [0, 0.05) is 39.6 Å². The van der Waals surface area contributed by atoms with E-state index in [1.165, 1.54) is 4.90 Å². The molecule has 0 radical (unpaired) electrons. The van der Waals surface area contributed by atoms with Gasteiger partial charge in [0.25, 0.3) is 5.89 Å². The molecule has 0 saturated carbocycles. The Morgan fingerprint density at radius 1 is 1.14 bits per heavy atom.